The maximum atomic E-state index is 10.1. The van der Waals surface area contributed by atoms with Crippen molar-refractivity contribution in [1.29, 1.82) is 0 Å². The Morgan fingerprint density at radius 2 is 1.74 bits per heavy atom. The van der Waals surface area contributed by atoms with Gasteiger partial charge in [0.1, 0.15) is 0 Å². The van der Waals surface area contributed by atoms with E-state index in [2.05, 4.69) is 47.5 Å². The third kappa shape index (κ3) is 8.41. The molecule has 1 aliphatic rings. The van der Waals surface area contributed by atoms with Crippen LogP contribution in [0.4, 0.5) is 0 Å². The fourth-order valence-corrected chi connectivity index (χ4v) is 4.45. The van der Waals surface area contributed by atoms with Crippen molar-refractivity contribution in [3.63, 3.8) is 0 Å². The molecule has 3 rings (SSSR count). The highest BCUT2D eigenvalue weighted by Crippen LogP contribution is 2.36. The zero-order chi connectivity index (χ0) is 20.5. The summed E-state index contributed by atoms with van der Waals surface area (Å²) in [7, 11) is 0. The van der Waals surface area contributed by atoms with E-state index in [9.17, 15) is 10.2 Å². The van der Waals surface area contributed by atoms with E-state index < -0.39 is 0 Å². The molecule has 6 heteroatoms. The number of unbranched alkanes of at least 4 members (excludes halogenated alkanes) is 1. The van der Waals surface area contributed by atoms with Gasteiger partial charge in [-0.1, -0.05) is 43.3 Å². The van der Waals surface area contributed by atoms with Gasteiger partial charge in [0.25, 0.3) is 0 Å². The van der Waals surface area contributed by atoms with Crippen LogP contribution in [0.15, 0.2) is 42.5 Å². The van der Waals surface area contributed by atoms with Gasteiger partial charge >= 0.3 is 0 Å². The zero-order valence-corrected chi connectivity index (χ0v) is 22.0. The first-order chi connectivity index (χ1) is 14.2. The summed E-state index contributed by atoms with van der Waals surface area (Å²) >= 11 is 0. The van der Waals surface area contributed by atoms with Gasteiger partial charge in [-0.2, -0.15) is 0 Å². The Balaban J connectivity index is 0.00000240. The highest BCUT2D eigenvalue weighted by Gasteiger charge is 2.26. The van der Waals surface area contributed by atoms with Gasteiger partial charge in [-0.3, -0.25) is 0 Å². The molecular formula is C25H38Br2N2O2. The standard InChI is InChI=1S/C25H36N2O2.2BrH/c1-2-17-27(18-7-6-15-26-16-14-20-8-4-3-5-9-20)22-11-12-23-21(19-22)10-13-24(28)25(23)29;;/h3-5,8-10,13,22,26,28-29H,2,6-7,11-12,14-19H2,1H3;2*1H. The molecular weight excluding hydrogens is 520 g/mol. The molecule has 0 spiro atoms. The molecule has 2 aromatic rings. The Morgan fingerprint density at radius 1 is 0.968 bits per heavy atom. The number of phenolic OH excluding ortho intramolecular Hbond substituents is 2. The summed E-state index contributed by atoms with van der Waals surface area (Å²) in [6, 6.07) is 14.8. The predicted octanol–water partition coefficient (Wildman–Crippen LogP) is 5.44. The topological polar surface area (TPSA) is 55.7 Å². The van der Waals surface area contributed by atoms with Crippen LogP contribution in [0.5, 0.6) is 11.5 Å². The van der Waals surface area contributed by atoms with Crippen LogP contribution < -0.4 is 5.32 Å². The van der Waals surface area contributed by atoms with Gasteiger partial charge in [0.05, 0.1) is 0 Å². The van der Waals surface area contributed by atoms with E-state index in [1.54, 1.807) is 6.07 Å². The van der Waals surface area contributed by atoms with Crippen molar-refractivity contribution in [2.24, 2.45) is 0 Å². The summed E-state index contributed by atoms with van der Waals surface area (Å²) in [6.07, 6.45) is 7.54. The van der Waals surface area contributed by atoms with E-state index in [1.165, 1.54) is 30.4 Å². The Morgan fingerprint density at radius 3 is 2.48 bits per heavy atom. The second kappa shape index (κ2) is 14.9. The molecule has 0 saturated carbocycles. The summed E-state index contributed by atoms with van der Waals surface area (Å²) in [5.74, 6) is 0.0944. The molecule has 0 radical (unpaired) electrons. The minimum Gasteiger partial charge on any atom is -0.504 e. The Hall–Kier alpha value is -1.08. The summed E-state index contributed by atoms with van der Waals surface area (Å²) < 4.78 is 0. The number of nitrogens with one attached hydrogen (secondary N) is 1. The first-order valence-electron chi connectivity index (χ1n) is 11.2. The van der Waals surface area contributed by atoms with E-state index in [0.29, 0.717) is 6.04 Å². The molecule has 0 amide bonds. The Bertz CT molecular complexity index is 759. The van der Waals surface area contributed by atoms with Crippen molar-refractivity contribution >= 4 is 34.0 Å². The number of hydrogen-bond acceptors (Lipinski definition) is 4. The van der Waals surface area contributed by atoms with Crippen LogP contribution in [0.1, 0.15) is 49.3 Å². The van der Waals surface area contributed by atoms with E-state index in [4.69, 9.17) is 0 Å². The van der Waals surface area contributed by atoms with Gasteiger partial charge in [0.15, 0.2) is 11.5 Å². The normalized spacial score (nSPS) is 15.1. The van der Waals surface area contributed by atoms with Crippen LogP contribution >= 0.6 is 34.0 Å². The second-order valence-corrected chi connectivity index (χ2v) is 8.20. The largest absolute Gasteiger partial charge is 0.504 e. The molecule has 2 aromatic carbocycles. The van der Waals surface area contributed by atoms with Crippen LogP contribution in [0.2, 0.25) is 0 Å². The average Bonchev–Trinajstić information content (AvgIpc) is 2.75. The Labute approximate surface area is 208 Å². The minimum absolute atomic E-state index is 0. The van der Waals surface area contributed by atoms with Gasteiger partial charge in [-0.15, -0.1) is 34.0 Å². The van der Waals surface area contributed by atoms with E-state index in [1.807, 2.05) is 6.07 Å². The van der Waals surface area contributed by atoms with Crippen molar-refractivity contribution in [1.82, 2.24) is 10.2 Å². The molecule has 0 heterocycles. The van der Waals surface area contributed by atoms with Crippen molar-refractivity contribution < 1.29 is 10.2 Å². The number of halogens is 2. The molecule has 0 saturated heterocycles. The summed E-state index contributed by atoms with van der Waals surface area (Å²) in [5, 5.41) is 23.4. The number of aromatic hydroxyl groups is 2. The van der Waals surface area contributed by atoms with Gasteiger partial charge in [-0.25, -0.2) is 0 Å². The van der Waals surface area contributed by atoms with Crippen molar-refractivity contribution in [2.75, 3.05) is 26.2 Å². The molecule has 1 unspecified atom stereocenters. The molecule has 4 nitrogen and oxygen atoms in total. The number of rotatable bonds is 11. The van der Waals surface area contributed by atoms with E-state index in [0.717, 1.165) is 57.4 Å². The number of hydrogen-bond donors (Lipinski definition) is 3. The molecule has 174 valence electrons. The van der Waals surface area contributed by atoms with Crippen molar-refractivity contribution in [3.8, 4) is 11.5 Å². The lowest BCUT2D eigenvalue weighted by Crippen LogP contribution is -2.40. The number of nitrogens with zero attached hydrogens (tertiary/aromatic N) is 1. The molecule has 3 N–H and O–H groups in total. The molecule has 1 aliphatic carbocycles. The number of benzene rings is 2. The fourth-order valence-electron chi connectivity index (χ4n) is 4.45. The van der Waals surface area contributed by atoms with E-state index in [-0.39, 0.29) is 45.5 Å². The van der Waals surface area contributed by atoms with Crippen molar-refractivity contribution in [2.45, 2.75) is 57.9 Å². The highest BCUT2D eigenvalue weighted by molar-refractivity contribution is 8.93. The fraction of sp³-hybridized carbons (Fsp3) is 0.520. The monoisotopic (exact) mass is 556 g/mol. The van der Waals surface area contributed by atoms with Gasteiger partial charge in [0.2, 0.25) is 0 Å². The maximum absolute atomic E-state index is 10.1. The number of fused-ring (bicyclic) bond motifs is 1. The lowest BCUT2D eigenvalue weighted by Gasteiger charge is -2.35. The molecule has 0 aromatic heterocycles. The van der Waals surface area contributed by atoms with Crippen molar-refractivity contribution in [3.05, 3.63) is 59.2 Å². The smallest absolute Gasteiger partial charge is 0.160 e. The van der Waals surface area contributed by atoms with Crippen LogP contribution in [0.25, 0.3) is 0 Å². The van der Waals surface area contributed by atoms with Gasteiger partial charge in [-0.05, 0) is 88.3 Å². The molecule has 0 aliphatic heterocycles. The minimum atomic E-state index is 0. The quantitative estimate of drug-likeness (QED) is 0.254. The summed E-state index contributed by atoms with van der Waals surface area (Å²) in [6.45, 7) is 6.63. The lowest BCUT2D eigenvalue weighted by atomic mass is 9.86. The van der Waals surface area contributed by atoms with Crippen LogP contribution in [-0.2, 0) is 19.3 Å². The maximum Gasteiger partial charge on any atom is 0.160 e. The van der Waals surface area contributed by atoms with Crippen LogP contribution in [-0.4, -0.2) is 47.3 Å². The number of phenols is 2. The van der Waals surface area contributed by atoms with Gasteiger partial charge in [0, 0.05) is 11.6 Å². The second-order valence-electron chi connectivity index (χ2n) is 8.20. The molecule has 31 heavy (non-hydrogen) atoms. The molecule has 1 atom stereocenters. The lowest BCUT2D eigenvalue weighted by molar-refractivity contribution is 0.175. The average molecular weight is 558 g/mol. The summed E-state index contributed by atoms with van der Waals surface area (Å²) in [4.78, 5) is 2.64. The third-order valence-electron chi connectivity index (χ3n) is 6.05. The first kappa shape index (κ1) is 28.0. The third-order valence-corrected chi connectivity index (χ3v) is 6.05. The summed E-state index contributed by atoms with van der Waals surface area (Å²) in [5.41, 5.74) is 3.53. The predicted molar refractivity (Wildman–Crippen MR) is 140 cm³/mol. The van der Waals surface area contributed by atoms with E-state index >= 15 is 0 Å². The Kier molecular flexibility index (Phi) is 13.4. The van der Waals surface area contributed by atoms with Crippen LogP contribution in [0, 0.1) is 0 Å². The highest BCUT2D eigenvalue weighted by atomic mass is 79.9. The zero-order valence-electron chi connectivity index (χ0n) is 18.6. The molecule has 0 fully saturated rings. The van der Waals surface area contributed by atoms with Gasteiger partial charge < -0.3 is 20.4 Å². The molecule has 0 bridgehead atoms. The van der Waals surface area contributed by atoms with Crippen LogP contribution in [0.3, 0.4) is 0 Å². The first-order valence-corrected chi connectivity index (χ1v) is 11.2. The SMILES string of the molecule is Br.Br.CCCN(CCCCNCCc1ccccc1)C1CCc2c(ccc(O)c2O)C1.